The number of rotatable bonds is 3. The lowest BCUT2D eigenvalue weighted by Crippen LogP contribution is -2.45. The van der Waals surface area contributed by atoms with E-state index in [1.54, 1.807) is 0 Å². The Bertz CT molecular complexity index is 262. The van der Waals surface area contributed by atoms with E-state index in [2.05, 4.69) is 29.2 Å². The Hall–Kier alpha value is -0.730. The summed E-state index contributed by atoms with van der Waals surface area (Å²) in [5.41, 5.74) is 0. The van der Waals surface area contributed by atoms with E-state index in [1.165, 1.54) is 38.5 Å². The second-order valence-electron chi connectivity index (χ2n) is 5.57. The first kappa shape index (κ1) is 12.7. The van der Waals surface area contributed by atoms with E-state index < -0.39 is 0 Å². The van der Waals surface area contributed by atoms with Crippen molar-refractivity contribution in [3.63, 3.8) is 0 Å². The first-order chi connectivity index (χ1) is 8.31. The van der Waals surface area contributed by atoms with Crippen molar-refractivity contribution in [3.05, 3.63) is 0 Å². The number of nitrogens with zero attached hydrogens (tertiary/aromatic N) is 2. The zero-order chi connectivity index (χ0) is 12.1. The number of guanidine groups is 1. The summed E-state index contributed by atoms with van der Waals surface area (Å²) in [6.07, 6.45) is 8.24. The lowest BCUT2D eigenvalue weighted by Gasteiger charge is -2.33. The zero-order valence-corrected chi connectivity index (χ0v) is 11.4. The van der Waals surface area contributed by atoms with Gasteiger partial charge in [0.1, 0.15) is 0 Å². The van der Waals surface area contributed by atoms with E-state index in [-0.39, 0.29) is 0 Å². The Morgan fingerprint density at radius 3 is 2.71 bits per heavy atom. The van der Waals surface area contributed by atoms with Gasteiger partial charge in [-0.3, -0.25) is 4.99 Å². The zero-order valence-electron chi connectivity index (χ0n) is 11.4. The van der Waals surface area contributed by atoms with Gasteiger partial charge in [0.2, 0.25) is 0 Å². The molecule has 1 N–H and O–H groups in total. The fourth-order valence-electron chi connectivity index (χ4n) is 3.22. The highest BCUT2D eigenvalue weighted by atomic mass is 15.3. The third-order valence-corrected chi connectivity index (χ3v) is 4.39. The average molecular weight is 237 g/mol. The summed E-state index contributed by atoms with van der Waals surface area (Å²) in [4.78, 5) is 6.83. The van der Waals surface area contributed by atoms with Gasteiger partial charge in [-0.2, -0.15) is 0 Å². The van der Waals surface area contributed by atoms with E-state index in [0.29, 0.717) is 0 Å². The largest absolute Gasteiger partial charge is 0.356 e. The lowest BCUT2D eigenvalue weighted by molar-refractivity contribution is 0.229. The van der Waals surface area contributed by atoms with Crippen molar-refractivity contribution in [2.45, 2.75) is 45.4 Å². The van der Waals surface area contributed by atoms with Gasteiger partial charge in [-0.1, -0.05) is 32.6 Å². The molecule has 1 heterocycles. The van der Waals surface area contributed by atoms with Crippen LogP contribution in [0.3, 0.4) is 0 Å². The van der Waals surface area contributed by atoms with Crippen LogP contribution in [-0.4, -0.2) is 37.5 Å². The Balaban J connectivity index is 1.81. The van der Waals surface area contributed by atoms with Crippen LogP contribution in [0.4, 0.5) is 0 Å². The molecule has 0 radical (unpaired) electrons. The third-order valence-electron chi connectivity index (χ3n) is 4.39. The van der Waals surface area contributed by atoms with Gasteiger partial charge in [-0.25, -0.2) is 0 Å². The molecule has 0 amide bonds. The van der Waals surface area contributed by atoms with Gasteiger partial charge in [0.15, 0.2) is 5.96 Å². The number of hydrogen-bond donors (Lipinski definition) is 1. The first-order valence-electron chi connectivity index (χ1n) is 7.30. The maximum Gasteiger partial charge on any atom is 0.193 e. The molecule has 2 atom stereocenters. The van der Waals surface area contributed by atoms with E-state index in [9.17, 15) is 0 Å². The molecule has 2 aliphatic rings. The Labute approximate surface area is 106 Å². The third kappa shape index (κ3) is 3.36. The summed E-state index contributed by atoms with van der Waals surface area (Å²) in [6, 6.07) is 0. The SMILES string of the molecule is CCC1CCCCC1CNC1=NCCCN1C. The predicted molar refractivity (Wildman–Crippen MR) is 73.3 cm³/mol. The van der Waals surface area contributed by atoms with E-state index in [4.69, 9.17) is 0 Å². The molecule has 0 spiro atoms. The average Bonchev–Trinajstić information content (AvgIpc) is 2.38. The molecule has 0 bridgehead atoms. The van der Waals surface area contributed by atoms with Crippen LogP contribution in [0.25, 0.3) is 0 Å². The normalized spacial score (nSPS) is 30.0. The molecule has 1 fully saturated rings. The Kier molecular flexibility index (Phi) is 4.69. The summed E-state index contributed by atoms with van der Waals surface area (Å²) in [6.45, 7) is 5.61. The number of aliphatic imine (C=N–C) groups is 1. The highest BCUT2D eigenvalue weighted by Crippen LogP contribution is 2.31. The smallest absolute Gasteiger partial charge is 0.193 e. The number of hydrogen-bond acceptors (Lipinski definition) is 3. The summed E-state index contributed by atoms with van der Waals surface area (Å²) in [5.74, 6) is 2.93. The van der Waals surface area contributed by atoms with Gasteiger partial charge in [-0.15, -0.1) is 0 Å². The van der Waals surface area contributed by atoms with Crippen molar-refractivity contribution in [2.75, 3.05) is 26.7 Å². The summed E-state index contributed by atoms with van der Waals surface area (Å²) < 4.78 is 0. The topological polar surface area (TPSA) is 27.6 Å². The Morgan fingerprint density at radius 2 is 2.00 bits per heavy atom. The van der Waals surface area contributed by atoms with Gasteiger partial charge in [0.25, 0.3) is 0 Å². The van der Waals surface area contributed by atoms with Gasteiger partial charge >= 0.3 is 0 Å². The fraction of sp³-hybridized carbons (Fsp3) is 0.929. The van der Waals surface area contributed by atoms with Crippen LogP contribution in [0.1, 0.15) is 45.4 Å². The van der Waals surface area contributed by atoms with Crippen molar-refractivity contribution in [2.24, 2.45) is 16.8 Å². The molecule has 0 saturated heterocycles. The first-order valence-corrected chi connectivity index (χ1v) is 7.30. The number of nitrogens with one attached hydrogen (secondary N) is 1. The maximum absolute atomic E-state index is 4.58. The predicted octanol–water partition coefficient (Wildman–Crippen LogP) is 2.48. The molecule has 2 rings (SSSR count). The van der Waals surface area contributed by atoms with Crippen molar-refractivity contribution in [1.82, 2.24) is 10.2 Å². The minimum absolute atomic E-state index is 0.867. The van der Waals surface area contributed by atoms with E-state index >= 15 is 0 Å². The van der Waals surface area contributed by atoms with Crippen molar-refractivity contribution < 1.29 is 0 Å². The van der Waals surface area contributed by atoms with Gasteiger partial charge in [-0.05, 0) is 24.7 Å². The monoisotopic (exact) mass is 237 g/mol. The van der Waals surface area contributed by atoms with Gasteiger partial charge in [0.05, 0.1) is 0 Å². The van der Waals surface area contributed by atoms with Gasteiger partial charge in [0, 0.05) is 26.7 Å². The minimum atomic E-state index is 0.867. The molecule has 2 unspecified atom stereocenters. The van der Waals surface area contributed by atoms with Crippen LogP contribution in [0.15, 0.2) is 4.99 Å². The van der Waals surface area contributed by atoms with Crippen LogP contribution >= 0.6 is 0 Å². The standard InChI is InChI=1S/C14H27N3/c1-3-12-7-4-5-8-13(12)11-16-14-15-9-6-10-17(14)2/h12-13H,3-11H2,1-2H3,(H,15,16). The quantitative estimate of drug-likeness (QED) is 0.816. The molecule has 0 aromatic rings. The molecule has 1 aliphatic heterocycles. The molecule has 98 valence electrons. The van der Waals surface area contributed by atoms with Crippen LogP contribution in [0, 0.1) is 11.8 Å². The fourth-order valence-corrected chi connectivity index (χ4v) is 3.22. The van der Waals surface area contributed by atoms with Crippen molar-refractivity contribution in [3.8, 4) is 0 Å². The van der Waals surface area contributed by atoms with E-state index in [0.717, 1.165) is 37.4 Å². The molecule has 0 aromatic carbocycles. The summed E-state index contributed by atoms with van der Waals surface area (Å²) in [7, 11) is 2.14. The lowest BCUT2D eigenvalue weighted by atomic mass is 9.78. The molecular formula is C14H27N3. The van der Waals surface area contributed by atoms with Gasteiger partial charge < -0.3 is 10.2 Å². The molecule has 3 heteroatoms. The molecule has 17 heavy (non-hydrogen) atoms. The molecular weight excluding hydrogens is 210 g/mol. The van der Waals surface area contributed by atoms with Crippen molar-refractivity contribution >= 4 is 5.96 Å². The van der Waals surface area contributed by atoms with Crippen LogP contribution < -0.4 is 5.32 Å². The minimum Gasteiger partial charge on any atom is -0.356 e. The highest BCUT2D eigenvalue weighted by Gasteiger charge is 2.24. The molecule has 0 aromatic heterocycles. The second-order valence-corrected chi connectivity index (χ2v) is 5.57. The summed E-state index contributed by atoms with van der Waals surface area (Å²) >= 11 is 0. The Morgan fingerprint density at radius 1 is 1.24 bits per heavy atom. The molecule has 1 aliphatic carbocycles. The van der Waals surface area contributed by atoms with Crippen molar-refractivity contribution in [1.29, 1.82) is 0 Å². The van der Waals surface area contributed by atoms with E-state index in [1.807, 2.05) is 0 Å². The van der Waals surface area contributed by atoms with Crippen LogP contribution in [0.5, 0.6) is 0 Å². The second kappa shape index (κ2) is 6.27. The van der Waals surface area contributed by atoms with Crippen LogP contribution in [0.2, 0.25) is 0 Å². The summed E-state index contributed by atoms with van der Waals surface area (Å²) in [5, 5.41) is 3.58. The highest BCUT2D eigenvalue weighted by molar-refractivity contribution is 5.80. The molecule has 1 saturated carbocycles. The maximum atomic E-state index is 4.58. The van der Waals surface area contributed by atoms with Crippen LogP contribution in [-0.2, 0) is 0 Å². The molecule has 3 nitrogen and oxygen atoms in total.